The summed E-state index contributed by atoms with van der Waals surface area (Å²) < 4.78 is 0. The average molecular weight is 188 g/mol. The molecule has 0 spiro atoms. The minimum atomic E-state index is 0.784. The summed E-state index contributed by atoms with van der Waals surface area (Å²) in [6, 6.07) is 3.88. The highest BCUT2D eigenvalue weighted by molar-refractivity contribution is 5.41. The molecule has 72 valence electrons. The highest BCUT2D eigenvalue weighted by Gasteiger charge is 1.98. The number of anilines is 1. The first-order valence-electron chi connectivity index (χ1n) is 4.49. The van der Waals surface area contributed by atoms with Gasteiger partial charge < -0.3 is 5.32 Å². The van der Waals surface area contributed by atoms with Crippen molar-refractivity contribution in [2.45, 2.75) is 13.5 Å². The molecule has 4 heteroatoms. The number of nitrogens with one attached hydrogen (secondary N) is 2. The summed E-state index contributed by atoms with van der Waals surface area (Å²) in [6.45, 7) is 2.79. The van der Waals surface area contributed by atoms with Gasteiger partial charge in [-0.2, -0.15) is 5.10 Å². The molecule has 0 atom stereocenters. The lowest BCUT2D eigenvalue weighted by molar-refractivity contribution is 1.04. The van der Waals surface area contributed by atoms with E-state index in [0.29, 0.717) is 0 Å². The number of hydrogen-bond donors (Lipinski definition) is 2. The van der Waals surface area contributed by atoms with Crippen LogP contribution in [0.1, 0.15) is 11.3 Å². The van der Waals surface area contributed by atoms with Crippen LogP contribution in [0.4, 0.5) is 5.69 Å². The van der Waals surface area contributed by atoms with E-state index in [4.69, 9.17) is 0 Å². The van der Waals surface area contributed by atoms with E-state index >= 15 is 0 Å². The fourth-order valence-electron chi connectivity index (χ4n) is 1.22. The van der Waals surface area contributed by atoms with Gasteiger partial charge >= 0.3 is 0 Å². The molecule has 2 rings (SSSR count). The molecule has 0 aromatic carbocycles. The van der Waals surface area contributed by atoms with Crippen molar-refractivity contribution >= 4 is 5.69 Å². The summed E-state index contributed by atoms with van der Waals surface area (Å²) in [6.07, 6.45) is 5.37. The zero-order chi connectivity index (χ0) is 9.80. The molecule has 0 unspecified atom stereocenters. The molecule has 2 heterocycles. The molecule has 0 aliphatic heterocycles. The Bertz CT molecular complexity index is 394. The smallest absolute Gasteiger partial charge is 0.0539 e. The third-order valence-electron chi connectivity index (χ3n) is 2.10. The molecule has 0 aliphatic rings. The van der Waals surface area contributed by atoms with Crippen molar-refractivity contribution in [3.05, 3.63) is 42.0 Å². The number of hydrogen-bond acceptors (Lipinski definition) is 3. The predicted molar refractivity (Wildman–Crippen MR) is 54.9 cm³/mol. The molecule has 0 radical (unpaired) electrons. The standard InChI is InChI=1S/C10H12N4/c1-8-9(7-13-14-8)6-12-10-2-4-11-5-3-10/h2-5,7H,6H2,1H3,(H,11,12)(H,13,14). The van der Waals surface area contributed by atoms with Crippen LogP contribution in [0.15, 0.2) is 30.7 Å². The third kappa shape index (κ3) is 1.90. The Labute approximate surface area is 82.4 Å². The molecule has 0 saturated heterocycles. The Balaban J connectivity index is 1.99. The normalized spacial score (nSPS) is 10.1. The highest BCUT2D eigenvalue weighted by atomic mass is 15.1. The van der Waals surface area contributed by atoms with Crippen LogP contribution >= 0.6 is 0 Å². The Morgan fingerprint density at radius 2 is 2.14 bits per heavy atom. The van der Waals surface area contributed by atoms with Crippen molar-refractivity contribution in [3.8, 4) is 0 Å². The van der Waals surface area contributed by atoms with Crippen LogP contribution in [-0.2, 0) is 6.54 Å². The van der Waals surface area contributed by atoms with Crippen molar-refractivity contribution in [1.82, 2.24) is 15.2 Å². The summed E-state index contributed by atoms with van der Waals surface area (Å²) in [5.41, 5.74) is 3.36. The average Bonchev–Trinajstić information content (AvgIpc) is 2.63. The van der Waals surface area contributed by atoms with Crippen LogP contribution < -0.4 is 5.32 Å². The maximum Gasteiger partial charge on any atom is 0.0539 e. The first kappa shape index (κ1) is 8.74. The van der Waals surface area contributed by atoms with Gasteiger partial charge in [0.05, 0.1) is 6.20 Å². The monoisotopic (exact) mass is 188 g/mol. The van der Waals surface area contributed by atoms with Crippen LogP contribution in [-0.4, -0.2) is 15.2 Å². The van der Waals surface area contributed by atoms with Gasteiger partial charge in [-0.3, -0.25) is 10.1 Å². The van der Waals surface area contributed by atoms with Gasteiger partial charge in [-0.25, -0.2) is 0 Å². The van der Waals surface area contributed by atoms with E-state index in [-0.39, 0.29) is 0 Å². The summed E-state index contributed by atoms with van der Waals surface area (Å²) in [5.74, 6) is 0. The van der Waals surface area contributed by atoms with Gasteiger partial charge in [0.1, 0.15) is 0 Å². The lowest BCUT2D eigenvalue weighted by Gasteiger charge is -2.04. The molecule has 2 N–H and O–H groups in total. The van der Waals surface area contributed by atoms with Crippen molar-refractivity contribution in [2.24, 2.45) is 0 Å². The van der Waals surface area contributed by atoms with Crippen molar-refractivity contribution in [1.29, 1.82) is 0 Å². The van der Waals surface area contributed by atoms with Crippen molar-refractivity contribution in [3.63, 3.8) is 0 Å². The minimum Gasteiger partial charge on any atom is -0.381 e. The zero-order valence-electron chi connectivity index (χ0n) is 7.99. The predicted octanol–water partition coefficient (Wildman–Crippen LogP) is 1.73. The molecule has 2 aromatic heterocycles. The molecule has 0 saturated carbocycles. The van der Waals surface area contributed by atoms with Gasteiger partial charge in [0.2, 0.25) is 0 Å². The SMILES string of the molecule is Cc1[nH]ncc1CNc1ccncc1. The summed E-state index contributed by atoms with van der Waals surface area (Å²) in [7, 11) is 0. The van der Waals surface area contributed by atoms with Crippen LogP contribution in [0.25, 0.3) is 0 Å². The van der Waals surface area contributed by atoms with Gasteiger partial charge in [-0.05, 0) is 19.1 Å². The molecule has 0 amide bonds. The second kappa shape index (κ2) is 3.91. The number of aryl methyl sites for hydroxylation is 1. The summed E-state index contributed by atoms with van der Waals surface area (Å²) in [5, 5.41) is 10.1. The maximum atomic E-state index is 3.96. The van der Waals surface area contributed by atoms with E-state index in [1.165, 1.54) is 5.56 Å². The number of aromatic nitrogens is 3. The molecule has 4 nitrogen and oxygen atoms in total. The molecule has 0 aliphatic carbocycles. The molecule has 0 bridgehead atoms. The summed E-state index contributed by atoms with van der Waals surface area (Å²) in [4.78, 5) is 3.95. The van der Waals surface area contributed by atoms with E-state index < -0.39 is 0 Å². The van der Waals surface area contributed by atoms with Crippen LogP contribution in [0.5, 0.6) is 0 Å². The Hall–Kier alpha value is -1.84. The van der Waals surface area contributed by atoms with E-state index in [1.54, 1.807) is 12.4 Å². The number of nitrogens with zero attached hydrogens (tertiary/aromatic N) is 2. The lowest BCUT2D eigenvalue weighted by atomic mass is 10.2. The third-order valence-corrected chi connectivity index (χ3v) is 2.10. The number of pyridine rings is 1. The van der Waals surface area contributed by atoms with E-state index in [2.05, 4.69) is 20.5 Å². The second-order valence-corrected chi connectivity index (χ2v) is 3.11. The van der Waals surface area contributed by atoms with Gasteiger partial charge in [0.15, 0.2) is 0 Å². The lowest BCUT2D eigenvalue weighted by Crippen LogP contribution is -1.99. The van der Waals surface area contributed by atoms with E-state index in [1.807, 2.05) is 25.3 Å². The Morgan fingerprint density at radius 3 is 2.79 bits per heavy atom. The number of rotatable bonds is 3. The van der Waals surface area contributed by atoms with Gasteiger partial charge in [0.25, 0.3) is 0 Å². The molecular formula is C10H12N4. The highest BCUT2D eigenvalue weighted by Crippen LogP contribution is 2.08. The second-order valence-electron chi connectivity index (χ2n) is 3.11. The summed E-state index contributed by atoms with van der Waals surface area (Å²) >= 11 is 0. The van der Waals surface area contributed by atoms with Crippen LogP contribution in [0.2, 0.25) is 0 Å². The van der Waals surface area contributed by atoms with Gasteiger partial charge in [-0.15, -0.1) is 0 Å². The minimum absolute atomic E-state index is 0.784. The first-order chi connectivity index (χ1) is 6.86. The first-order valence-corrected chi connectivity index (χ1v) is 4.49. The molecule has 2 aromatic rings. The van der Waals surface area contributed by atoms with Gasteiger partial charge in [0, 0.05) is 35.9 Å². The number of H-pyrrole nitrogens is 1. The fourth-order valence-corrected chi connectivity index (χ4v) is 1.22. The largest absolute Gasteiger partial charge is 0.381 e. The fraction of sp³-hybridized carbons (Fsp3) is 0.200. The zero-order valence-corrected chi connectivity index (χ0v) is 7.99. The maximum absolute atomic E-state index is 3.96. The topological polar surface area (TPSA) is 53.6 Å². The molecule has 0 fully saturated rings. The van der Waals surface area contributed by atoms with Crippen LogP contribution in [0, 0.1) is 6.92 Å². The van der Waals surface area contributed by atoms with E-state index in [9.17, 15) is 0 Å². The van der Waals surface area contributed by atoms with Crippen LogP contribution in [0.3, 0.4) is 0 Å². The Kier molecular flexibility index (Phi) is 2.44. The quantitative estimate of drug-likeness (QED) is 0.771. The molecule has 14 heavy (non-hydrogen) atoms. The van der Waals surface area contributed by atoms with Gasteiger partial charge in [-0.1, -0.05) is 0 Å². The van der Waals surface area contributed by atoms with Crippen molar-refractivity contribution < 1.29 is 0 Å². The molecular weight excluding hydrogens is 176 g/mol. The Morgan fingerprint density at radius 1 is 1.36 bits per heavy atom. The van der Waals surface area contributed by atoms with Crippen molar-refractivity contribution in [2.75, 3.05) is 5.32 Å². The number of aromatic amines is 1. The van der Waals surface area contributed by atoms with E-state index in [0.717, 1.165) is 17.9 Å².